The van der Waals surface area contributed by atoms with Gasteiger partial charge < -0.3 is 5.21 Å². The topological polar surface area (TPSA) is 56.4 Å². The fourth-order valence-electron chi connectivity index (χ4n) is 0.764. The summed E-state index contributed by atoms with van der Waals surface area (Å²) in [5, 5.41) is 19.9. The van der Waals surface area contributed by atoms with E-state index in [-0.39, 0.29) is 0 Å². The predicted molar refractivity (Wildman–Crippen MR) is 45.5 cm³/mol. The molecule has 0 bridgehead atoms. The number of hydrogen-bond donors (Lipinski definition) is 1. The van der Waals surface area contributed by atoms with E-state index >= 15 is 0 Å². The highest BCUT2D eigenvalue weighted by Gasteiger charge is 1.98. The Labute approximate surface area is 74.5 Å². The van der Waals surface area contributed by atoms with Crippen molar-refractivity contribution in [3.05, 3.63) is 34.3 Å². The number of halogens is 1. The molecule has 0 unspecified atom stereocenters. The van der Waals surface area contributed by atoms with Crippen LogP contribution in [0.3, 0.4) is 0 Å². The van der Waals surface area contributed by atoms with E-state index in [9.17, 15) is 0 Å². The van der Waals surface area contributed by atoms with Gasteiger partial charge in [0.05, 0.1) is 22.9 Å². The zero-order chi connectivity index (χ0) is 8.97. The average Bonchev–Trinajstić information content (AvgIpc) is 2.09. The van der Waals surface area contributed by atoms with Crippen LogP contribution in [0.4, 0.5) is 0 Å². The van der Waals surface area contributed by atoms with Gasteiger partial charge in [0.1, 0.15) is 0 Å². The Morgan fingerprint density at radius 1 is 1.58 bits per heavy atom. The quantitative estimate of drug-likeness (QED) is 0.408. The summed E-state index contributed by atoms with van der Waals surface area (Å²) in [5.41, 5.74) is 1.06. The molecule has 0 spiro atoms. The molecule has 0 aliphatic heterocycles. The Bertz CT molecular complexity index is 355. The molecule has 0 heterocycles. The minimum atomic E-state index is 0.395. The summed E-state index contributed by atoms with van der Waals surface area (Å²) < 4.78 is 0. The molecule has 0 saturated heterocycles. The van der Waals surface area contributed by atoms with E-state index < -0.39 is 0 Å². The van der Waals surface area contributed by atoms with Gasteiger partial charge in [-0.3, -0.25) is 0 Å². The van der Waals surface area contributed by atoms with Crippen molar-refractivity contribution in [3.63, 3.8) is 0 Å². The Morgan fingerprint density at radius 2 is 2.33 bits per heavy atom. The third-order valence-corrected chi connectivity index (χ3v) is 1.65. The van der Waals surface area contributed by atoms with Crippen LogP contribution in [-0.2, 0) is 0 Å². The fraction of sp³-hybridized carbons (Fsp3) is 0. The molecule has 1 aromatic carbocycles. The van der Waals surface area contributed by atoms with Gasteiger partial charge in [0, 0.05) is 5.56 Å². The van der Waals surface area contributed by atoms with Crippen LogP contribution in [-0.4, -0.2) is 11.4 Å². The molecule has 12 heavy (non-hydrogen) atoms. The van der Waals surface area contributed by atoms with E-state index in [4.69, 9.17) is 22.1 Å². The van der Waals surface area contributed by atoms with Gasteiger partial charge in [-0.25, -0.2) is 0 Å². The predicted octanol–water partition coefficient (Wildman–Crippen LogP) is 2.02. The molecule has 0 aromatic heterocycles. The lowest BCUT2D eigenvalue weighted by Crippen LogP contribution is -1.84. The monoisotopic (exact) mass is 180 g/mol. The first-order valence-electron chi connectivity index (χ1n) is 3.15. The van der Waals surface area contributed by atoms with Gasteiger partial charge in [0.2, 0.25) is 0 Å². The Morgan fingerprint density at radius 3 is 2.83 bits per heavy atom. The average molecular weight is 181 g/mol. The van der Waals surface area contributed by atoms with E-state index in [1.165, 1.54) is 12.3 Å². The first-order valence-corrected chi connectivity index (χ1v) is 3.53. The first kappa shape index (κ1) is 8.57. The van der Waals surface area contributed by atoms with Gasteiger partial charge >= 0.3 is 0 Å². The highest BCUT2D eigenvalue weighted by Crippen LogP contribution is 2.15. The highest BCUT2D eigenvalue weighted by atomic mass is 35.5. The fourth-order valence-corrected chi connectivity index (χ4v) is 0.993. The summed E-state index contributed by atoms with van der Waals surface area (Å²) >= 11 is 5.73. The molecule has 1 N–H and O–H groups in total. The molecule has 0 amide bonds. The zero-order valence-corrected chi connectivity index (χ0v) is 6.78. The van der Waals surface area contributed by atoms with Gasteiger partial charge in [0.15, 0.2) is 0 Å². The van der Waals surface area contributed by atoms with Gasteiger partial charge in [-0.2, -0.15) is 5.26 Å². The molecule has 0 atom stereocenters. The summed E-state index contributed by atoms with van der Waals surface area (Å²) in [7, 11) is 0. The third-order valence-electron chi connectivity index (χ3n) is 1.33. The second-order valence-electron chi connectivity index (χ2n) is 2.09. The number of hydrogen-bond acceptors (Lipinski definition) is 3. The van der Waals surface area contributed by atoms with Crippen LogP contribution in [0.25, 0.3) is 0 Å². The van der Waals surface area contributed by atoms with Crippen molar-refractivity contribution in [2.45, 2.75) is 0 Å². The van der Waals surface area contributed by atoms with E-state index in [1.807, 2.05) is 6.07 Å². The van der Waals surface area contributed by atoms with E-state index in [0.29, 0.717) is 16.1 Å². The number of nitriles is 1. The Balaban J connectivity index is 3.14. The maximum Gasteiger partial charge on any atom is 0.0992 e. The van der Waals surface area contributed by atoms with Gasteiger partial charge in [-0.15, -0.1) is 0 Å². The van der Waals surface area contributed by atoms with Crippen LogP contribution in [0.5, 0.6) is 0 Å². The van der Waals surface area contributed by atoms with Crippen molar-refractivity contribution < 1.29 is 5.21 Å². The summed E-state index contributed by atoms with van der Waals surface area (Å²) in [6.07, 6.45) is 1.21. The van der Waals surface area contributed by atoms with Crippen molar-refractivity contribution >= 4 is 17.8 Å². The third kappa shape index (κ3) is 1.74. The lowest BCUT2D eigenvalue weighted by Gasteiger charge is -1.95. The Hall–Kier alpha value is -1.53. The molecule has 1 aromatic rings. The van der Waals surface area contributed by atoms with Crippen molar-refractivity contribution in [1.29, 1.82) is 5.26 Å². The second kappa shape index (κ2) is 3.74. The lowest BCUT2D eigenvalue weighted by molar-refractivity contribution is 0.322. The van der Waals surface area contributed by atoms with Crippen LogP contribution in [0.15, 0.2) is 23.4 Å². The van der Waals surface area contributed by atoms with E-state index in [2.05, 4.69) is 5.16 Å². The smallest absolute Gasteiger partial charge is 0.0992 e. The molecule has 1 rings (SSSR count). The maximum absolute atomic E-state index is 8.49. The largest absolute Gasteiger partial charge is 0.411 e. The number of benzene rings is 1. The van der Waals surface area contributed by atoms with E-state index in [1.54, 1.807) is 12.1 Å². The highest BCUT2D eigenvalue weighted by molar-refractivity contribution is 6.33. The maximum atomic E-state index is 8.49. The molecule has 0 aliphatic carbocycles. The molecule has 0 fully saturated rings. The zero-order valence-electron chi connectivity index (χ0n) is 6.03. The van der Waals surface area contributed by atoms with Gasteiger partial charge in [-0.1, -0.05) is 22.8 Å². The minimum Gasteiger partial charge on any atom is -0.411 e. The van der Waals surface area contributed by atoms with Crippen molar-refractivity contribution in [1.82, 2.24) is 0 Å². The van der Waals surface area contributed by atoms with Crippen molar-refractivity contribution in [2.75, 3.05) is 0 Å². The molecule has 4 heteroatoms. The van der Waals surface area contributed by atoms with Crippen LogP contribution in [0.1, 0.15) is 11.1 Å². The van der Waals surface area contributed by atoms with Crippen LogP contribution in [0, 0.1) is 11.3 Å². The van der Waals surface area contributed by atoms with Crippen molar-refractivity contribution in [3.8, 4) is 6.07 Å². The molecular formula is C8H5ClN2O. The first-order chi connectivity index (χ1) is 5.77. The summed E-state index contributed by atoms with van der Waals surface area (Å²) in [5.74, 6) is 0. The molecule has 0 radical (unpaired) electrons. The molecule has 3 nitrogen and oxygen atoms in total. The SMILES string of the molecule is N#Cc1ccc(C=NO)c(Cl)c1. The summed E-state index contributed by atoms with van der Waals surface area (Å²) in [4.78, 5) is 0. The van der Waals surface area contributed by atoms with Crippen LogP contribution in [0.2, 0.25) is 5.02 Å². The number of nitrogens with zero attached hydrogens (tertiary/aromatic N) is 2. The van der Waals surface area contributed by atoms with Gasteiger partial charge in [-0.05, 0) is 12.1 Å². The van der Waals surface area contributed by atoms with Gasteiger partial charge in [0.25, 0.3) is 0 Å². The van der Waals surface area contributed by atoms with Crippen LogP contribution < -0.4 is 0 Å². The standard InChI is InChI=1S/C8H5ClN2O/c9-8-3-6(4-10)1-2-7(8)5-11-12/h1-3,5,12H. The molecule has 0 saturated carbocycles. The summed E-state index contributed by atoms with van der Waals surface area (Å²) in [6.45, 7) is 0. The van der Waals surface area contributed by atoms with Crippen LogP contribution >= 0.6 is 11.6 Å². The molecule has 60 valence electrons. The second-order valence-corrected chi connectivity index (χ2v) is 2.50. The van der Waals surface area contributed by atoms with E-state index in [0.717, 1.165) is 0 Å². The van der Waals surface area contributed by atoms with Crippen molar-refractivity contribution in [2.24, 2.45) is 5.16 Å². The Kier molecular flexibility index (Phi) is 2.67. The normalized spacial score (nSPS) is 10.0. The molecule has 0 aliphatic rings. The summed E-state index contributed by atoms with van der Waals surface area (Å²) in [6, 6.07) is 6.67. The number of oxime groups is 1. The minimum absolute atomic E-state index is 0.395. The lowest BCUT2D eigenvalue weighted by atomic mass is 10.2. The molecular weight excluding hydrogens is 176 g/mol. The number of rotatable bonds is 1.